The summed E-state index contributed by atoms with van der Waals surface area (Å²) >= 11 is 1.88. The minimum absolute atomic E-state index is 0.0265. The molecule has 0 radical (unpaired) electrons. The maximum atomic E-state index is 11.9. The van der Waals surface area contributed by atoms with Crippen molar-refractivity contribution in [2.45, 2.75) is 24.9 Å². The highest BCUT2D eigenvalue weighted by Crippen LogP contribution is 2.17. The van der Waals surface area contributed by atoms with Gasteiger partial charge in [0.15, 0.2) is 0 Å². The molecular weight excluding hydrogens is 232 g/mol. The largest absolute Gasteiger partial charge is 0.351 e. The summed E-state index contributed by atoms with van der Waals surface area (Å²) in [6.07, 6.45) is 1.67. The van der Waals surface area contributed by atoms with Crippen molar-refractivity contribution in [2.24, 2.45) is 5.73 Å². The van der Waals surface area contributed by atoms with Gasteiger partial charge in [-0.3, -0.25) is 4.79 Å². The van der Waals surface area contributed by atoms with Gasteiger partial charge < -0.3 is 11.1 Å². The number of amides is 1. The van der Waals surface area contributed by atoms with Crippen molar-refractivity contribution in [1.82, 2.24) is 5.32 Å². The quantitative estimate of drug-likeness (QED) is 0.843. The second kappa shape index (κ2) is 6.07. The minimum atomic E-state index is -0.442. The molecule has 0 saturated carbocycles. The van der Waals surface area contributed by atoms with Gasteiger partial charge in [-0.25, -0.2) is 0 Å². The average molecular weight is 250 g/mol. The molecule has 1 heterocycles. The first kappa shape index (κ1) is 12.5. The van der Waals surface area contributed by atoms with E-state index in [0.29, 0.717) is 12.5 Å². The zero-order chi connectivity index (χ0) is 12.1. The minimum Gasteiger partial charge on any atom is -0.351 e. The molecule has 0 spiro atoms. The molecule has 4 heteroatoms. The van der Waals surface area contributed by atoms with Crippen LogP contribution < -0.4 is 11.1 Å². The second-order valence-electron chi connectivity index (χ2n) is 4.37. The lowest BCUT2D eigenvalue weighted by molar-refractivity contribution is -0.122. The number of benzene rings is 1. The molecule has 2 rings (SSSR count). The number of carbonyl (C=O) groups is 1. The molecule has 0 aromatic heterocycles. The first-order valence-corrected chi connectivity index (χ1v) is 7.09. The van der Waals surface area contributed by atoms with Crippen molar-refractivity contribution < 1.29 is 4.79 Å². The molecule has 1 saturated heterocycles. The molecule has 1 aromatic rings. The molecule has 1 aromatic carbocycles. The predicted octanol–water partition coefficient (Wildman–Crippen LogP) is 1.18. The van der Waals surface area contributed by atoms with E-state index < -0.39 is 6.04 Å². The van der Waals surface area contributed by atoms with E-state index in [1.165, 1.54) is 0 Å². The van der Waals surface area contributed by atoms with Crippen LogP contribution in [0.5, 0.6) is 0 Å². The summed E-state index contributed by atoms with van der Waals surface area (Å²) in [5.41, 5.74) is 7.02. The van der Waals surface area contributed by atoms with Crippen LogP contribution in [0.4, 0.5) is 0 Å². The molecule has 1 aliphatic rings. The van der Waals surface area contributed by atoms with Crippen molar-refractivity contribution in [3.8, 4) is 0 Å². The van der Waals surface area contributed by atoms with E-state index in [1.54, 1.807) is 0 Å². The number of carbonyl (C=O) groups excluding carboxylic acids is 1. The number of nitrogens with one attached hydrogen (secondary N) is 1. The topological polar surface area (TPSA) is 55.1 Å². The summed E-state index contributed by atoms with van der Waals surface area (Å²) in [7, 11) is 0. The van der Waals surface area contributed by atoms with Crippen LogP contribution in [0.15, 0.2) is 30.3 Å². The van der Waals surface area contributed by atoms with Crippen LogP contribution in [0.1, 0.15) is 12.0 Å². The predicted molar refractivity (Wildman–Crippen MR) is 72.0 cm³/mol. The summed E-state index contributed by atoms with van der Waals surface area (Å²) in [5, 5.41) is 3.01. The number of hydrogen-bond acceptors (Lipinski definition) is 3. The molecule has 0 aliphatic carbocycles. The van der Waals surface area contributed by atoms with Gasteiger partial charge in [-0.1, -0.05) is 30.3 Å². The second-order valence-corrected chi connectivity index (χ2v) is 5.52. The Bertz CT molecular complexity index is 363. The Labute approximate surface area is 106 Å². The van der Waals surface area contributed by atoms with E-state index in [0.717, 1.165) is 23.5 Å². The smallest absolute Gasteiger partial charge is 0.237 e. The lowest BCUT2D eigenvalue weighted by Gasteiger charge is -2.16. The van der Waals surface area contributed by atoms with E-state index in [9.17, 15) is 4.79 Å². The SMILES string of the molecule is N[C@H](Cc1ccccc1)C(=O)NC1CCSC1. The Morgan fingerprint density at radius 1 is 1.47 bits per heavy atom. The molecule has 1 unspecified atom stereocenters. The van der Waals surface area contributed by atoms with Crippen molar-refractivity contribution in [3.05, 3.63) is 35.9 Å². The number of nitrogens with two attached hydrogens (primary N) is 1. The molecule has 3 nitrogen and oxygen atoms in total. The van der Waals surface area contributed by atoms with Crippen LogP contribution in [-0.2, 0) is 11.2 Å². The highest BCUT2D eigenvalue weighted by atomic mass is 32.2. The number of rotatable bonds is 4. The lowest BCUT2D eigenvalue weighted by Crippen LogP contribution is -2.46. The van der Waals surface area contributed by atoms with Gasteiger partial charge in [-0.15, -0.1) is 0 Å². The van der Waals surface area contributed by atoms with Crippen LogP contribution in [0, 0.1) is 0 Å². The molecular formula is C13H18N2OS. The fourth-order valence-electron chi connectivity index (χ4n) is 1.92. The monoisotopic (exact) mass is 250 g/mol. The van der Waals surface area contributed by atoms with Crippen LogP contribution in [0.3, 0.4) is 0 Å². The highest BCUT2D eigenvalue weighted by Gasteiger charge is 2.21. The Morgan fingerprint density at radius 2 is 2.24 bits per heavy atom. The summed E-state index contributed by atoms with van der Waals surface area (Å²) < 4.78 is 0. The first-order valence-electron chi connectivity index (χ1n) is 5.93. The van der Waals surface area contributed by atoms with E-state index >= 15 is 0 Å². The van der Waals surface area contributed by atoms with Gasteiger partial charge in [0.25, 0.3) is 0 Å². The third-order valence-electron chi connectivity index (χ3n) is 2.91. The van der Waals surface area contributed by atoms with Crippen molar-refractivity contribution in [1.29, 1.82) is 0 Å². The maximum Gasteiger partial charge on any atom is 0.237 e. The summed E-state index contributed by atoms with van der Waals surface area (Å²) in [6.45, 7) is 0. The Morgan fingerprint density at radius 3 is 2.88 bits per heavy atom. The van der Waals surface area contributed by atoms with Gasteiger partial charge in [0, 0.05) is 11.8 Å². The molecule has 17 heavy (non-hydrogen) atoms. The number of thioether (sulfide) groups is 1. The van der Waals surface area contributed by atoms with E-state index in [2.05, 4.69) is 5.32 Å². The molecule has 1 fully saturated rings. The zero-order valence-electron chi connectivity index (χ0n) is 9.76. The van der Waals surface area contributed by atoms with Crippen molar-refractivity contribution in [2.75, 3.05) is 11.5 Å². The van der Waals surface area contributed by atoms with E-state index in [-0.39, 0.29) is 5.91 Å². The van der Waals surface area contributed by atoms with Crippen LogP contribution in [0.25, 0.3) is 0 Å². The van der Waals surface area contributed by atoms with Gasteiger partial charge in [-0.05, 0) is 24.2 Å². The van der Waals surface area contributed by atoms with Gasteiger partial charge in [0.05, 0.1) is 6.04 Å². The van der Waals surface area contributed by atoms with E-state index in [4.69, 9.17) is 5.73 Å². The maximum absolute atomic E-state index is 11.9. The molecule has 3 N–H and O–H groups in total. The third kappa shape index (κ3) is 3.75. The van der Waals surface area contributed by atoms with E-state index in [1.807, 2.05) is 42.1 Å². The van der Waals surface area contributed by atoms with Crippen LogP contribution in [-0.4, -0.2) is 29.5 Å². The molecule has 0 bridgehead atoms. The molecule has 1 aliphatic heterocycles. The summed E-state index contributed by atoms with van der Waals surface area (Å²) in [4.78, 5) is 11.9. The van der Waals surface area contributed by atoms with Crippen molar-refractivity contribution in [3.63, 3.8) is 0 Å². The zero-order valence-corrected chi connectivity index (χ0v) is 10.6. The fraction of sp³-hybridized carbons (Fsp3) is 0.462. The Balaban J connectivity index is 1.82. The van der Waals surface area contributed by atoms with Crippen LogP contribution in [0.2, 0.25) is 0 Å². The highest BCUT2D eigenvalue weighted by molar-refractivity contribution is 7.99. The Hall–Kier alpha value is -1.00. The van der Waals surface area contributed by atoms with Crippen molar-refractivity contribution >= 4 is 17.7 Å². The summed E-state index contributed by atoms with van der Waals surface area (Å²) in [6, 6.07) is 9.76. The lowest BCUT2D eigenvalue weighted by atomic mass is 10.1. The van der Waals surface area contributed by atoms with Gasteiger partial charge in [0.1, 0.15) is 0 Å². The standard InChI is InChI=1S/C13H18N2OS/c14-12(8-10-4-2-1-3-5-10)13(16)15-11-6-7-17-9-11/h1-5,11-12H,6-9,14H2,(H,15,16)/t11?,12-/m1/s1. The number of hydrogen-bond donors (Lipinski definition) is 2. The average Bonchev–Trinajstić information content (AvgIpc) is 2.83. The third-order valence-corrected chi connectivity index (χ3v) is 4.07. The van der Waals surface area contributed by atoms with Gasteiger partial charge in [0.2, 0.25) is 5.91 Å². The Kier molecular flexibility index (Phi) is 4.45. The fourth-order valence-corrected chi connectivity index (χ4v) is 3.07. The van der Waals surface area contributed by atoms with Crippen LogP contribution >= 0.6 is 11.8 Å². The summed E-state index contributed by atoms with van der Waals surface area (Å²) in [5.74, 6) is 2.13. The first-order chi connectivity index (χ1) is 8.25. The van der Waals surface area contributed by atoms with Gasteiger partial charge in [-0.2, -0.15) is 11.8 Å². The molecule has 2 atom stereocenters. The van der Waals surface area contributed by atoms with Gasteiger partial charge >= 0.3 is 0 Å². The normalized spacial score (nSPS) is 21.1. The molecule has 92 valence electrons. The molecule has 1 amide bonds.